The molecular formula is C19H29NO2. The van der Waals surface area contributed by atoms with Gasteiger partial charge >= 0.3 is 0 Å². The standard InChI is InChI=1S/C19H29NO2/c1-18(2)9-15-10-19(3,13-18)14-20(15)11-16(21)12-22-17-7-5-4-6-8-17/h4-8,15-16,21H,9-14H2,1-3H3/t15-,16+,19-/m1/s1. The molecule has 2 fully saturated rings. The summed E-state index contributed by atoms with van der Waals surface area (Å²) in [5.74, 6) is 0.829. The van der Waals surface area contributed by atoms with Crippen molar-refractivity contribution in [3.05, 3.63) is 30.3 Å². The summed E-state index contributed by atoms with van der Waals surface area (Å²) in [5, 5.41) is 10.3. The molecule has 1 aliphatic carbocycles. The van der Waals surface area contributed by atoms with Crippen LogP contribution in [0.15, 0.2) is 30.3 Å². The van der Waals surface area contributed by atoms with E-state index in [4.69, 9.17) is 4.74 Å². The maximum atomic E-state index is 10.3. The van der Waals surface area contributed by atoms with Gasteiger partial charge in [-0.3, -0.25) is 4.90 Å². The van der Waals surface area contributed by atoms with Gasteiger partial charge in [0.15, 0.2) is 0 Å². The highest BCUT2D eigenvalue weighted by atomic mass is 16.5. The normalized spacial score (nSPS) is 31.9. The fraction of sp³-hybridized carbons (Fsp3) is 0.684. The van der Waals surface area contributed by atoms with E-state index in [2.05, 4.69) is 25.7 Å². The van der Waals surface area contributed by atoms with Crippen LogP contribution in [0.3, 0.4) is 0 Å². The van der Waals surface area contributed by atoms with Crippen LogP contribution in [-0.2, 0) is 0 Å². The highest BCUT2D eigenvalue weighted by Gasteiger charge is 2.49. The fourth-order valence-electron chi connectivity index (χ4n) is 4.82. The van der Waals surface area contributed by atoms with E-state index in [1.807, 2.05) is 30.3 Å². The number of aliphatic hydroxyl groups is 1. The number of likely N-dealkylation sites (tertiary alicyclic amines) is 1. The van der Waals surface area contributed by atoms with Crippen molar-refractivity contribution in [3.8, 4) is 5.75 Å². The summed E-state index contributed by atoms with van der Waals surface area (Å²) >= 11 is 0. The zero-order chi connectivity index (χ0) is 15.8. The molecular weight excluding hydrogens is 274 g/mol. The van der Waals surface area contributed by atoms with E-state index in [1.54, 1.807) is 0 Å². The Balaban J connectivity index is 1.53. The van der Waals surface area contributed by atoms with E-state index in [9.17, 15) is 5.11 Å². The first-order valence-corrected chi connectivity index (χ1v) is 8.45. The van der Waals surface area contributed by atoms with Gasteiger partial charge in [-0.15, -0.1) is 0 Å². The Labute approximate surface area is 134 Å². The lowest BCUT2D eigenvalue weighted by Gasteiger charge is -2.40. The summed E-state index contributed by atoms with van der Waals surface area (Å²) in [6.45, 7) is 9.39. The molecule has 1 aromatic carbocycles. The molecule has 1 aromatic rings. The number of hydrogen-bond donors (Lipinski definition) is 1. The van der Waals surface area contributed by atoms with Gasteiger partial charge in [0.05, 0.1) is 0 Å². The number of β-amino-alcohol motifs (C(OH)–C–C–N with tert-alkyl or cyclic N) is 1. The number of ether oxygens (including phenoxy) is 1. The van der Waals surface area contributed by atoms with Gasteiger partial charge in [-0.25, -0.2) is 0 Å². The van der Waals surface area contributed by atoms with Crippen molar-refractivity contribution in [2.24, 2.45) is 10.8 Å². The third-order valence-electron chi connectivity index (χ3n) is 5.15. The smallest absolute Gasteiger partial charge is 0.119 e. The first-order chi connectivity index (χ1) is 10.4. The average molecular weight is 303 g/mol. The minimum atomic E-state index is -0.425. The van der Waals surface area contributed by atoms with Crippen molar-refractivity contribution in [2.75, 3.05) is 19.7 Å². The third-order valence-corrected chi connectivity index (χ3v) is 5.15. The molecule has 1 saturated carbocycles. The molecule has 1 aliphatic heterocycles. The van der Waals surface area contributed by atoms with Crippen molar-refractivity contribution < 1.29 is 9.84 Å². The van der Waals surface area contributed by atoms with Gasteiger partial charge in [0, 0.05) is 19.1 Å². The van der Waals surface area contributed by atoms with Gasteiger partial charge < -0.3 is 9.84 Å². The summed E-state index contributed by atoms with van der Waals surface area (Å²) in [6, 6.07) is 10.4. The van der Waals surface area contributed by atoms with E-state index in [-0.39, 0.29) is 0 Å². The minimum Gasteiger partial charge on any atom is -0.491 e. The van der Waals surface area contributed by atoms with Gasteiger partial charge in [-0.2, -0.15) is 0 Å². The second-order valence-electron chi connectivity index (χ2n) is 8.42. The predicted molar refractivity (Wildman–Crippen MR) is 89.0 cm³/mol. The zero-order valence-corrected chi connectivity index (χ0v) is 14.1. The number of aliphatic hydroxyl groups excluding tert-OH is 1. The molecule has 1 saturated heterocycles. The minimum absolute atomic E-state index is 0.368. The van der Waals surface area contributed by atoms with Crippen molar-refractivity contribution in [1.82, 2.24) is 4.90 Å². The van der Waals surface area contributed by atoms with Crippen molar-refractivity contribution in [1.29, 1.82) is 0 Å². The van der Waals surface area contributed by atoms with Crippen LogP contribution in [0.1, 0.15) is 40.0 Å². The SMILES string of the molecule is CC1(C)C[C@@H]2C[C@@](C)(CN2C[C@H](O)COc2ccccc2)C1. The van der Waals surface area contributed by atoms with Crippen LogP contribution in [0.2, 0.25) is 0 Å². The van der Waals surface area contributed by atoms with Gasteiger partial charge in [0.1, 0.15) is 18.5 Å². The van der Waals surface area contributed by atoms with Crippen LogP contribution in [0, 0.1) is 10.8 Å². The molecule has 1 N–H and O–H groups in total. The van der Waals surface area contributed by atoms with E-state index in [1.165, 1.54) is 19.3 Å². The molecule has 3 atom stereocenters. The van der Waals surface area contributed by atoms with E-state index >= 15 is 0 Å². The number of nitrogens with zero attached hydrogens (tertiary/aromatic N) is 1. The monoisotopic (exact) mass is 303 g/mol. The Bertz CT molecular complexity index is 501. The van der Waals surface area contributed by atoms with Gasteiger partial charge in [0.25, 0.3) is 0 Å². The Kier molecular flexibility index (Phi) is 4.21. The highest BCUT2D eigenvalue weighted by molar-refractivity contribution is 5.20. The van der Waals surface area contributed by atoms with Crippen LogP contribution in [0.5, 0.6) is 5.75 Å². The molecule has 3 nitrogen and oxygen atoms in total. The third kappa shape index (κ3) is 3.64. The molecule has 0 unspecified atom stereocenters. The van der Waals surface area contributed by atoms with Crippen molar-refractivity contribution >= 4 is 0 Å². The van der Waals surface area contributed by atoms with Crippen molar-refractivity contribution in [2.45, 2.75) is 52.2 Å². The Morgan fingerprint density at radius 3 is 2.68 bits per heavy atom. The number of hydrogen-bond acceptors (Lipinski definition) is 3. The number of benzene rings is 1. The van der Waals surface area contributed by atoms with E-state index in [0.29, 0.717) is 23.5 Å². The van der Waals surface area contributed by atoms with Crippen LogP contribution >= 0.6 is 0 Å². The molecule has 2 aliphatic rings. The molecule has 0 amide bonds. The highest BCUT2D eigenvalue weighted by Crippen LogP contribution is 2.52. The number of rotatable bonds is 5. The van der Waals surface area contributed by atoms with Gasteiger partial charge in [0.2, 0.25) is 0 Å². The van der Waals surface area contributed by atoms with E-state index < -0.39 is 6.10 Å². The first-order valence-electron chi connectivity index (χ1n) is 8.45. The van der Waals surface area contributed by atoms with Gasteiger partial charge in [-0.1, -0.05) is 39.0 Å². The maximum Gasteiger partial charge on any atom is 0.119 e. The predicted octanol–water partition coefficient (Wildman–Crippen LogP) is 3.33. The molecule has 1 heterocycles. The lowest BCUT2D eigenvalue weighted by Crippen LogP contribution is -2.39. The lowest BCUT2D eigenvalue weighted by molar-refractivity contribution is 0.0585. The molecule has 0 radical (unpaired) electrons. The Morgan fingerprint density at radius 2 is 1.95 bits per heavy atom. The summed E-state index contributed by atoms with van der Waals surface area (Å²) in [4.78, 5) is 2.49. The van der Waals surface area contributed by atoms with E-state index in [0.717, 1.165) is 18.8 Å². The largest absolute Gasteiger partial charge is 0.491 e. The lowest BCUT2D eigenvalue weighted by atomic mass is 9.65. The Morgan fingerprint density at radius 1 is 1.23 bits per heavy atom. The maximum absolute atomic E-state index is 10.3. The molecule has 3 heteroatoms. The molecule has 0 aromatic heterocycles. The van der Waals surface area contributed by atoms with Crippen LogP contribution in [0.4, 0.5) is 0 Å². The molecule has 122 valence electrons. The summed E-state index contributed by atoms with van der Waals surface area (Å²) in [6.07, 6.45) is 3.40. The number of fused-ring (bicyclic) bond motifs is 2. The second kappa shape index (κ2) is 5.86. The van der Waals surface area contributed by atoms with Crippen LogP contribution < -0.4 is 4.74 Å². The molecule has 2 bridgehead atoms. The van der Waals surface area contributed by atoms with Gasteiger partial charge in [-0.05, 0) is 42.2 Å². The topological polar surface area (TPSA) is 32.7 Å². The first kappa shape index (κ1) is 15.8. The quantitative estimate of drug-likeness (QED) is 0.905. The molecule has 22 heavy (non-hydrogen) atoms. The van der Waals surface area contributed by atoms with Crippen LogP contribution in [-0.4, -0.2) is 41.8 Å². The average Bonchev–Trinajstić information content (AvgIpc) is 2.66. The molecule has 0 spiro atoms. The van der Waals surface area contributed by atoms with Crippen molar-refractivity contribution in [3.63, 3.8) is 0 Å². The zero-order valence-electron chi connectivity index (χ0n) is 14.1. The number of para-hydroxylation sites is 1. The molecule has 3 rings (SSSR count). The Hall–Kier alpha value is -1.06. The van der Waals surface area contributed by atoms with Crippen LogP contribution in [0.25, 0.3) is 0 Å². The second-order valence-corrected chi connectivity index (χ2v) is 8.42. The summed E-state index contributed by atoms with van der Waals surface area (Å²) < 4.78 is 5.68. The fourth-order valence-corrected chi connectivity index (χ4v) is 4.82. The summed E-state index contributed by atoms with van der Waals surface area (Å²) in [5.41, 5.74) is 0.852. The summed E-state index contributed by atoms with van der Waals surface area (Å²) in [7, 11) is 0.